The van der Waals surface area contributed by atoms with Crippen LogP contribution in [0.3, 0.4) is 0 Å². The zero-order valence-electron chi connectivity index (χ0n) is 13.4. The van der Waals surface area contributed by atoms with Gasteiger partial charge in [0.1, 0.15) is 5.82 Å². The van der Waals surface area contributed by atoms with Gasteiger partial charge in [0, 0.05) is 25.5 Å². The number of hydrogen-bond donors (Lipinski definition) is 1. The maximum Gasteiger partial charge on any atom is 0.128 e. The molecule has 0 bridgehead atoms. The van der Waals surface area contributed by atoms with Crippen molar-refractivity contribution in [3.8, 4) is 0 Å². The molecule has 1 heterocycles. The average Bonchev–Trinajstić information content (AvgIpc) is 2.91. The zero-order valence-corrected chi connectivity index (χ0v) is 13.4. The highest BCUT2D eigenvalue weighted by molar-refractivity contribution is 5.09. The molecule has 1 aromatic rings. The van der Waals surface area contributed by atoms with Crippen molar-refractivity contribution in [2.45, 2.75) is 64.6 Å². The van der Waals surface area contributed by atoms with Gasteiger partial charge in [-0.25, -0.2) is 4.98 Å². The monoisotopic (exact) mass is 279 g/mol. The van der Waals surface area contributed by atoms with E-state index in [4.69, 9.17) is 4.74 Å². The second-order valence-electron chi connectivity index (χ2n) is 5.97. The third kappa shape index (κ3) is 2.91. The Hall–Kier alpha value is -0.870. The molecule has 0 spiro atoms. The zero-order chi connectivity index (χ0) is 14.6. The molecule has 1 unspecified atom stereocenters. The number of nitrogens with zero attached hydrogens (tertiary/aromatic N) is 2. The summed E-state index contributed by atoms with van der Waals surface area (Å²) in [6.07, 6.45) is 8.67. The predicted octanol–water partition coefficient (Wildman–Crippen LogP) is 3.15. The Kier molecular flexibility index (Phi) is 5.22. The molecule has 1 N–H and O–H groups in total. The Balaban J connectivity index is 2.30. The van der Waals surface area contributed by atoms with Crippen molar-refractivity contribution in [2.24, 2.45) is 5.92 Å². The molecule has 0 aliphatic heterocycles. The molecule has 0 radical (unpaired) electrons. The number of hydrogen-bond acceptors (Lipinski definition) is 3. The van der Waals surface area contributed by atoms with Crippen LogP contribution in [0, 0.1) is 5.92 Å². The maximum absolute atomic E-state index is 6.28. The lowest BCUT2D eigenvalue weighted by Gasteiger charge is -2.44. The Morgan fingerprint density at radius 3 is 2.70 bits per heavy atom. The summed E-state index contributed by atoms with van der Waals surface area (Å²) in [6.45, 7) is 8.32. The lowest BCUT2D eigenvalue weighted by Crippen LogP contribution is -2.48. The highest BCUT2D eigenvalue weighted by atomic mass is 16.5. The predicted molar refractivity (Wildman–Crippen MR) is 81.7 cm³/mol. The van der Waals surface area contributed by atoms with E-state index in [1.54, 1.807) is 0 Å². The summed E-state index contributed by atoms with van der Waals surface area (Å²) in [5.74, 6) is 1.92. The summed E-state index contributed by atoms with van der Waals surface area (Å²) in [7, 11) is 2.03. The van der Waals surface area contributed by atoms with Crippen LogP contribution in [0.25, 0.3) is 0 Å². The van der Waals surface area contributed by atoms with E-state index in [2.05, 4.69) is 41.8 Å². The number of likely N-dealkylation sites (N-methyl/N-ethyl adjacent to an activating group) is 1. The first kappa shape index (κ1) is 15.5. The summed E-state index contributed by atoms with van der Waals surface area (Å²) >= 11 is 0. The van der Waals surface area contributed by atoms with E-state index < -0.39 is 0 Å². The van der Waals surface area contributed by atoms with Crippen molar-refractivity contribution in [3.63, 3.8) is 0 Å². The number of imidazole rings is 1. The molecule has 4 heteroatoms. The molecule has 1 aliphatic rings. The Bertz CT molecular complexity index is 408. The molecule has 114 valence electrons. The third-order valence-electron chi connectivity index (χ3n) is 4.71. The van der Waals surface area contributed by atoms with Gasteiger partial charge in [0.05, 0.1) is 11.6 Å². The van der Waals surface area contributed by atoms with Gasteiger partial charge in [0.25, 0.3) is 0 Å². The van der Waals surface area contributed by atoms with Crippen molar-refractivity contribution in [2.75, 3.05) is 13.7 Å². The minimum atomic E-state index is -0.103. The molecular formula is C16H29N3O. The quantitative estimate of drug-likeness (QED) is 0.869. The van der Waals surface area contributed by atoms with E-state index in [1.165, 1.54) is 12.8 Å². The summed E-state index contributed by atoms with van der Waals surface area (Å²) in [5, 5.41) is 3.48. The van der Waals surface area contributed by atoms with E-state index in [0.717, 1.165) is 37.7 Å². The van der Waals surface area contributed by atoms with Crippen molar-refractivity contribution in [1.29, 1.82) is 0 Å². The lowest BCUT2D eigenvalue weighted by atomic mass is 9.75. The van der Waals surface area contributed by atoms with Crippen LogP contribution in [0.1, 0.15) is 58.3 Å². The first-order chi connectivity index (χ1) is 9.66. The van der Waals surface area contributed by atoms with Crippen LogP contribution in [0.5, 0.6) is 0 Å². The highest BCUT2D eigenvalue weighted by Gasteiger charge is 2.43. The number of nitrogens with one attached hydrogen (secondary N) is 1. The standard InChI is InChI=1S/C16H29N3O/c1-5-19-12-11-18-15(19)14(17-4)16(20-6-2)9-7-13(3)8-10-16/h11-14,17H,5-10H2,1-4H3. The third-order valence-corrected chi connectivity index (χ3v) is 4.71. The molecule has 20 heavy (non-hydrogen) atoms. The van der Waals surface area contributed by atoms with Crippen molar-refractivity contribution in [3.05, 3.63) is 18.2 Å². The van der Waals surface area contributed by atoms with Crippen LogP contribution in [0.2, 0.25) is 0 Å². The van der Waals surface area contributed by atoms with Gasteiger partial charge in [-0.05, 0) is 52.5 Å². The normalized spacial score (nSPS) is 28.5. The van der Waals surface area contributed by atoms with E-state index in [1.807, 2.05) is 13.2 Å². The van der Waals surface area contributed by atoms with E-state index in [-0.39, 0.29) is 11.6 Å². The van der Waals surface area contributed by atoms with Crippen LogP contribution in [0.15, 0.2) is 12.4 Å². The van der Waals surface area contributed by atoms with Crippen molar-refractivity contribution >= 4 is 0 Å². The highest BCUT2D eigenvalue weighted by Crippen LogP contribution is 2.42. The largest absolute Gasteiger partial charge is 0.373 e. The number of ether oxygens (including phenoxy) is 1. The smallest absolute Gasteiger partial charge is 0.128 e. The van der Waals surface area contributed by atoms with Gasteiger partial charge in [0.2, 0.25) is 0 Å². The molecule has 1 fully saturated rings. The summed E-state index contributed by atoms with van der Waals surface area (Å²) in [4.78, 5) is 4.60. The van der Waals surface area contributed by atoms with E-state index in [0.29, 0.717) is 0 Å². The number of aryl methyl sites for hydroxylation is 1. The molecule has 1 atom stereocenters. The fraction of sp³-hybridized carbons (Fsp3) is 0.812. The van der Waals surface area contributed by atoms with Gasteiger partial charge >= 0.3 is 0 Å². The summed E-state index contributed by atoms with van der Waals surface area (Å²) < 4.78 is 8.50. The molecule has 4 nitrogen and oxygen atoms in total. The molecule has 2 rings (SSSR count). The Labute approximate surface area is 122 Å². The minimum Gasteiger partial charge on any atom is -0.373 e. The van der Waals surface area contributed by atoms with Crippen LogP contribution in [0.4, 0.5) is 0 Å². The van der Waals surface area contributed by atoms with Gasteiger partial charge in [-0.2, -0.15) is 0 Å². The lowest BCUT2D eigenvalue weighted by molar-refractivity contribution is -0.0984. The minimum absolute atomic E-state index is 0.103. The summed E-state index contributed by atoms with van der Waals surface area (Å²) in [5.41, 5.74) is -0.103. The molecule has 1 aliphatic carbocycles. The molecule has 1 aromatic heterocycles. The van der Waals surface area contributed by atoms with Crippen LogP contribution >= 0.6 is 0 Å². The van der Waals surface area contributed by atoms with Crippen molar-refractivity contribution < 1.29 is 4.74 Å². The molecule has 0 aromatic carbocycles. The molecular weight excluding hydrogens is 250 g/mol. The fourth-order valence-electron chi connectivity index (χ4n) is 3.53. The molecule has 0 amide bonds. The van der Waals surface area contributed by atoms with Gasteiger partial charge in [0.15, 0.2) is 0 Å². The van der Waals surface area contributed by atoms with E-state index >= 15 is 0 Å². The molecule has 1 saturated carbocycles. The Morgan fingerprint density at radius 1 is 1.45 bits per heavy atom. The number of aromatic nitrogens is 2. The van der Waals surface area contributed by atoms with Crippen LogP contribution in [-0.2, 0) is 11.3 Å². The van der Waals surface area contributed by atoms with Gasteiger partial charge in [-0.3, -0.25) is 0 Å². The Morgan fingerprint density at radius 2 is 2.15 bits per heavy atom. The first-order valence-corrected chi connectivity index (χ1v) is 7.99. The van der Waals surface area contributed by atoms with Crippen molar-refractivity contribution in [1.82, 2.24) is 14.9 Å². The first-order valence-electron chi connectivity index (χ1n) is 7.99. The number of rotatable bonds is 6. The van der Waals surface area contributed by atoms with Crippen LogP contribution < -0.4 is 5.32 Å². The molecule has 0 saturated heterocycles. The second kappa shape index (κ2) is 6.72. The van der Waals surface area contributed by atoms with Gasteiger partial charge in [-0.15, -0.1) is 0 Å². The average molecular weight is 279 g/mol. The SMILES string of the molecule is CCOC1(C(NC)c2nccn2CC)CCC(C)CC1. The maximum atomic E-state index is 6.28. The summed E-state index contributed by atoms with van der Waals surface area (Å²) in [6, 6.07) is 0.171. The fourth-order valence-corrected chi connectivity index (χ4v) is 3.53. The van der Waals surface area contributed by atoms with Gasteiger partial charge in [-0.1, -0.05) is 6.92 Å². The van der Waals surface area contributed by atoms with Gasteiger partial charge < -0.3 is 14.6 Å². The van der Waals surface area contributed by atoms with Crippen LogP contribution in [-0.4, -0.2) is 28.8 Å². The van der Waals surface area contributed by atoms with E-state index in [9.17, 15) is 0 Å². The second-order valence-corrected chi connectivity index (χ2v) is 5.97. The topological polar surface area (TPSA) is 39.1 Å².